The second-order valence-corrected chi connectivity index (χ2v) is 7.74. The Bertz CT molecular complexity index is 1200. The molecule has 1 amide bonds. The van der Waals surface area contributed by atoms with Crippen LogP contribution in [-0.2, 0) is 10.4 Å². The molecule has 1 unspecified atom stereocenters. The van der Waals surface area contributed by atoms with E-state index < -0.39 is 11.8 Å². The van der Waals surface area contributed by atoms with E-state index in [1.807, 2.05) is 0 Å². The van der Waals surface area contributed by atoms with Crippen LogP contribution in [0, 0.1) is 0 Å². The highest BCUT2D eigenvalue weighted by atomic mass is 35.5. The number of carbonyl (C=O) groups excluding carboxylic acids is 1. The molecule has 2 heterocycles. The zero-order valence-corrected chi connectivity index (χ0v) is 17.5. The highest BCUT2D eigenvalue weighted by Crippen LogP contribution is 2.44. The molecule has 1 atom stereocenters. The van der Waals surface area contributed by atoms with Gasteiger partial charge in [-0.1, -0.05) is 35.9 Å². The van der Waals surface area contributed by atoms with E-state index in [1.54, 1.807) is 61.0 Å². The number of halogens is 2. The Kier molecular flexibility index (Phi) is 5.65. The Hall–Kier alpha value is -3.03. The van der Waals surface area contributed by atoms with E-state index in [1.165, 1.54) is 23.6 Å². The third-order valence-electron chi connectivity index (χ3n) is 4.64. The molecule has 0 aliphatic heterocycles. The zero-order chi connectivity index (χ0) is 21.1. The summed E-state index contributed by atoms with van der Waals surface area (Å²) in [6.07, 6.45) is 0.771. The van der Waals surface area contributed by atoms with Crippen molar-refractivity contribution in [2.45, 2.75) is 12.6 Å². The predicted molar refractivity (Wildman–Crippen MR) is 117 cm³/mol. The topological polar surface area (TPSA) is 64.1 Å². The number of benzene rings is 2. The molecule has 5 nitrogen and oxygen atoms in total. The van der Waals surface area contributed by atoms with Crippen LogP contribution in [-0.4, -0.2) is 22.7 Å². The van der Waals surface area contributed by atoms with Gasteiger partial charge in [-0.2, -0.15) is 0 Å². The normalized spacial score (nSPS) is 13.0. The van der Waals surface area contributed by atoms with E-state index in [2.05, 4.69) is 15.3 Å². The van der Waals surface area contributed by atoms with Crippen LogP contribution in [0.5, 0.6) is 0 Å². The van der Waals surface area contributed by atoms with E-state index in [4.69, 9.17) is 16.3 Å². The Morgan fingerprint density at radius 3 is 2.70 bits per heavy atom. The number of carbonyl (C=O) groups is 1. The fourth-order valence-electron chi connectivity index (χ4n) is 3.23. The third kappa shape index (κ3) is 3.74. The summed E-state index contributed by atoms with van der Waals surface area (Å²) in [4.78, 5) is 20.1. The molecule has 4 rings (SSSR count). The van der Waals surface area contributed by atoms with Gasteiger partial charge >= 0.3 is 6.09 Å². The highest BCUT2D eigenvalue weighted by molar-refractivity contribution is 7.16. The van der Waals surface area contributed by atoms with Gasteiger partial charge in [0.15, 0.2) is 5.67 Å². The number of thiazole rings is 1. The molecule has 30 heavy (non-hydrogen) atoms. The molecule has 0 spiro atoms. The van der Waals surface area contributed by atoms with E-state index in [9.17, 15) is 4.79 Å². The minimum atomic E-state index is -2.05. The first kappa shape index (κ1) is 20.3. The largest absolute Gasteiger partial charge is 0.450 e. The average Bonchev–Trinajstić information content (AvgIpc) is 3.22. The summed E-state index contributed by atoms with van der Waals surface area (Å²) < 4.78 is 22.7. The van der Waals surface area contributed by atoms with Crippen molar-refractivity contribution >= 4 is 45.1 Å². The van der Waals surface area contributed by atoms with Crippen molar-refractivity contribution in [2.24, 2.45) is 0 Å². The Balaban J connectivity index is 1.82. The number of aromatic nitrogens is 2. The van der Waals surface area contributed by atoms with Gasteiger partial charge in [-0.25, -0.2) is 19.2 Å². The van der Waals surface area contributed by atoms with Crippen LogP contribution in [0.25, 0.3) is 10.2 Å². The van der Waals surface area contributed by atoms with Crippen LogP contribution in [0.3, 0.4) is 0 Å². The van der Waals surface area contributed by atoms with Crippen LogP contribution >= 0.6 is 22.9 Å². The summed E-state index contributed by atoms with van der Waals surface area (Å²) in [6.45, 7) is 1.95. The SMILES string of the molecule is CCOC(=O)Nc1ccc(C(F)(c2ccc3ncsc3c2)c2ccccc2Cl)cn1. The maximum absolute atomic E-state index is 16.9. The Labute approximate surface area is 181 Å². The summed E-state index contributed by atoms with van der Waals surface area (Å²) >= 11 is 7.84. The number of alkyl halides is 1. The van der Waals surface area contributed by atoms with Crippen molar-refractivity contribution in [3.8, 4) is 0 Å². The first-order valence-corrected chi connectivity index (χ1v) is 10.5. The zero-order valence-electron chi connectivity index (χ0n) is 15.9. The number of nitrogens with zero attached hydrogens (tertiary/aromatic N) is 2. The van der Waals surface area contributed by atoms with Gasteiger partial charge in [0.2, 0.25) is 0 Å². The Morgan fingerprint density at radius 1 is 1.17 bits per heavy atom. The molecular weight excluding hydrogens is 425 g/mol. The molecule has 0 saturated heterocycles. The predicted octanol–water partition coefficient (Wildman–Crippen LogP) is 6.17. The quantitative estimate of drug-likeness (QED) is 0.402. The minimum Gasteiger partial charge on any atom is -0.450 e. The number of nitrogens with one attached hydrogen (secondary N) is 1. The van der Waals surface area contributed by atoms with Crippen LogP contribution < -0.4 is 5.32 Å². The summed E-state index contributed by atoms with van der Waals surface area (Å²) in [5.74, 6) is 0.261. The molecule has 0 aliphatic carbocycles. The smallest absolute Gasteiger partial charge is 0.412 e. The van der Waals surface area contributed by atoms with Gasteiger partial charge in [0, 0.05) is 22.3 Å². The lowest BCUT2D eigenvalue weighted by Gasteiger charge is -2.28. The molecule has 0 aliphatic rings. The molecular formula is C22H17ClFN3O2S. The van der Waals surface area contributed by atoms with Gasteiger partial charge in [-0.15, -0.1) is 11.3 Å². The molecule has 0 bridgehead atoms. The number of hydrogen-bond acceptors (Lipinski definition) is 5. The Morgan fingerprint density at radius 2 is 1.97 bits per heavy atom. The second kappa shape index (κ2) is 8.38. The van der Waals surface area contributed by atoms with Gasteiger partial charge in [-0.3, -0.25) is 5.32 Å². The van der Waals surface area contributed by atoms with Crippen molar-refractivity contribution in [1.82, 2.24) is 9.97 Å². The number of ether oxygens (including phenoxy) is 1. The summed E-state index contributed by atoms with van der Waals surface area (Å²) in [6, 6.07) is 15.2. The molecule has 2 aromatic heterocycles. The lowest BCUT2D eigenvalue weighted by Crippen LogP contribution is -2.24. The molecule has 152 valence electrons. The first-order valence-electron chi connectivity index (χ1n) is 9.20. The van der Waals surface area contributed by atoms with Crippen LogP contribution in [0.4, 0.5) is 15.0 Å². The van der Waals surface area contributed by atoms with Gasteiger partial charge < -0.3 is 4.74 Å². The fraction of sp³-hybridized carbons (Fsp3) is 0.136. The number of amides is 1. The first-order chi connectivity index (χ1) is 14.5. The van der Waals surface area contributed by atoms with Crippen molar-refractivity contribution in [2.75, 3.05) is 11.9 Å². The number of hydrogen-bond donors (Lipinski definition) is 1. The molecule has 8 heteroatoms. The maximum atomic E-state index is 16.9. The molecule has 0 saturated carbocycles. The van der Waals surface area contributed by atoms with Gasteiger partial charge in [-0.05, 0) is 42.8 Å². The van der Waals surface area contributed by atoms with Crippen LogP contribution in [0.2, 0.25) is 5.02 Å². The number of pyridine rings is 1. The lowest BCUT2D eigenvalue weighted by molar-refractivity contribution is 0.168. The molecule has 0 fully saturated rings. The van der Waals surface area contributed by atoms with E-state index in [0.717, 1.165) is 10.2 Å². The molecule has 1 N–H and O–H groups in total. The third-order valence-corrected chi connectivity index (χ3v) is 5.76. The summed E-state index contributed by atoms with van der Waals surface area (Å²) in [5.41, 5.74) is 1.49. The monoisotopic (exact) mass is 441 g/mol. The maximum Gasteiger partial charge on any atom is 0.412 e. The minimum absolute atomic E-state index is 0.240. The van der Waals surface area contributed by atoms with Gasteiger partial charge in [0.1, 0.15) is 5.82 Å². The van der Waals surface area contributed by atoms with Crippen molar-refractivity contribution in [1.29, 1.82) is 0 Å². The standard InChI is InChI=1S/C22H17ClFN3O2S/c1-2-29-21(28)27-20-10-8-15(12-25-20)22(24,16-5-3-4-6-17(16)23)14-7-9-18-19(11-14)30-13-26-18/h3-13H,2H2,1H3,(H,25,27,28). The highest BCUT2D eigenvalue weighted by Gasteiger charge is 2.39. The fourth-order valence-corrected chi connectivity index (χ4v) is 4.21. The molecule has 4 aromatic rings. The van der Waals surface area contributed by atoms with Crippen molar-refractivity contribution < 1.29 is 13.9 Å². The van der Waals surface area contributed by atoms with Crippen molar-refractivity contribution in [3.63, 3.8) is 0 Å². The average molecular weight is 442 g/mol. The number of fused-ring (bicyclic) bond motifs is 1. The van der Waals surface area contributed by atoms with E-state index in [0.29, 0.717) is 16.1 Å². The molecule has 2 aromatic carbocycles. The number of anilines is 1. The van der Waals surface area contributed by atoms with E-state index in [-0.39, 0.29) is 18.0 Å². The summed E-state index contributed by atoms with van der Waals surface area (Å²) in [7, 11) is 0. The lowest BCUT2D eigenvalue weighted by atomic mass is 9.82. The van der Waals surface area contributed by atoms with Gasteiger partial charge in [0.25, 0.3) is 0 Å². The van der Waals surface area contributed by atoms with E-state index >= 15 is 4.39 Å². The summed E-state index contributed by atoms with van der Waals surface area (Å²) in [5, 5.41) is 2.81. The number of rotatable bonds is 5. The van der Waals surface area contributed by atoms with Crippen LogP contribution in [0.1, 0.15) is 23.6 Å². The van der Waals surface area contributed by atoms with Crippen LogP contribution in [0.15, 0.2) is 66.3 Å². The second-order valence-electron chi connectivity index (χ2n) is 6.45. The van der Waals surface area contributed by atoms with Gasteiger partial charge in [0.05, 0.1) is 22.3 Å². The molecule has 0 radical (unpaired) electrons. The van der Waals surface area contributed by atoms with Crippen molar-refractivity contribution in [3.05, 3.63) is 88.0 Å².